The molecule has 5 heteroatoms. The largest absolute Gasteiger partial charge is 0.454 e. The van der Waals surface area contributed by atoms with Crippen LogP contribution in [0.15, 0.2) is 48.5 Å². The highest BCUT2D eigenvalue weighted by atomic mass is 16.5. The molecule has 2 aromatic rings. The van der Waals surface area contributed by atoms with Gasteiger partial charge in [0.2, 0.25) is 5.91 Å². The normalized spacial score (nSPS) is 17.0. The van der Waals surface area contributed by atoms with Gasteiger partial charge in [0.05, 0.1) is 5.56 Å². The van der Waals surface area contributed by atoms with Gasteiger partial charge in [0.25, 0.3) is 0 Å². The smallest absolute Gasteiger partial charge is 0.338 e. The number of ketones is 1. The van der Waals surface area contributed by atoms with E-state index in [4.69, 9.17) is 4.74 Å². The Morgan fingerprint density at radius 1 is 0.935 bits per heavy atom. The van der Waals surface area contributed by atoms with E-state index >= 15 is 0 Å². The van der Waals surface area contributed by atoms with E-state index in [-0.39, 0.29) is 18.3 Å². The van der Waals surface area contributed by atoms with Crippen LogP contribution in [0.2, 0.25) is 0 Å². The molecular formula is C26H29NO4. The van der Waals surface area contributed by atoms with Gasteiger partial charge in [0.1, 0.15) is 0 Å². The van der Waals surface area contributed by atoms with Crippen molar-refractivity contribution in [3.05, 3.63) is 70.8 Å². The monoisotopic (exact) mass is 419 g/mol. The summed E-state index contributed by atoms with van der Waals surface area (Å²) in [6.45, 7) is 0.963. The minimum Gasteiger partial charge on any atom is -0.454 e. The molecule has 0 N–H and O–H groups in total. The molecule has 2 aliphatic rings. The van der Waals surface area contributed by atoms with Crippen LogP contribution in [0.3, 0.4) is 0 Å². The molecule has 1 aliphatic carbocycles. The number of nitrogens with zero attached hydrogens (tertiary/aromatic N) is 1. The van der Waals surface area contributed by atoms with Gasteiger partial charge in [0.15, 0.2) is 12.4 Å². The van der Waals surface area contributed by atoms with Gasteiger partial charge < -0.3 is 9.64 Å². The van der Waals surface area contributed by atoms with Crippen LogP contribution in [-0.2, 0) is 16.1 Å². The molecule has 4 rings (SSSR count). The number of rotatable bonds is 7. The standard InChI is InChI=1S/C26H29NO4/c28-24(22-13-11-21(12-14-22)20-7-2-1-3-8-20)18-31-26(30)23-9-4-6-19(16-23)17-27-15-5-10-25(27)29/h4,6,9,11-14,16,20H,1-3,5,7-8,10,15,17-18H2. The molecule has 1 aliphatic heterocycles. The molecule has 0 atom stereocenters. The number of hydrogen-bond acceptors (Lipinski definition) is 4. The van der Waals surface area contributed by atoms with Crippen LogP contribution in [0.25, 0.3) is 0 Å². The van der Waals surface area contributed by atoms with Crippen molar-refractivity contribution in [2.45, 2.75) is 57.4 Å². The highest BCUT2D eigenvalue weighted by Gasteiger charge is 2.21. The lowest BCUT2D eigenvalue weighted by molar-refractivity contribution is -0.128. The molecular weight excluding hydrogens is 390 g/mol. The highest BCUT2D eigenvalue weighted by molar-refractivity contribution is 5.99. The summed E-state index contributed by atoms with van der Waals surface area (Å²) in [7, 11) is 0. The van der Waals surface area contributed by atoms with E-state index in [1.807, 2.05) is 30.3 Å². The van der Waals surface area contributed by atoms with Gasteiger partial charge >= 0.3 is 5.97 Å². The summed E-state index contributed by atoms with van der Waals surface area (Å²) in [5.74, 6) is 0.0103. The topological polar surface area (TPSA) is 63.7 Å². The second kappa shape index (κ2) is 9.90. The van der Waals surface area contributed by atoms with Gasteiger partial charge in [-0.05, 0) is 48.4 Å². The van der Waals surface area contributed by atoms with Crippen LogP contribution >= 0.6 is 0 Å². The van der Waals surface area contributed by atoms with Crippen molar-refractivity contribution >= 4 is 17.7 Å². The molecule has 0 aromatic heterocycles. The Hall–Kier alpha value is -2.95. The quantitative estimate of drug-likeness (QED) is 0.473. The van der Waals surface area contributed by atoms with Crippen LogP contribution in [0.5, 0.6) is 0 Å². The molecule has 5 nitrogen and oxygen atoms in total. The Balaban J connectivity index is 1.31. The van der Waals surface area contributed by atoms with Crippen molar-refractivity contribution in [2.24, 2.45) is 0 Å². The van der Waals surface area contributed by atoms with Gasteiger partial charge in [-0.25, -0.2) is 4.79 Å². The molecule has 0 spiro atoms. The molecule has 2 fully saturated rings. The Morgan fingerprint density at radius 2 is 1.71 bits per heavy atom. The zero-order chi connectivity index (χ0) is 21.6. The molecule has 0 radical (unpaired) electrons. The van der Waals surface area contributed by atoms with Crippen LogP contribution in [-0.4, -0.2) is 35.7 Å². The predicted molar refractivity (Wildman–Crippen MR) is 118 cm³/mol. The third-order valence-electron chi connectivity index (χ3n) is 6.35. The number of benzene rings is 2. The summed E-state index contributed by atoms with van der Waals surface area (Å²) < 4.78 is 5.27. The third-order valence-corrected chi connectivity index (χ3v) is 6.35. The first-order chi connectivity index (χ1) is 15.1. The fraction of sp³-hybridized carbons (Fsp3) is 0.423. The van der Waals surface area contributed by atoms with Crippen molar-refractivity contribution in [3.8, 4) is 0 Å². The molecule has 1 saturated carbocycles. The van der Waals surface area contributed by atoms with Crippen LogP contribution in [0.1, 0.15) is 82.7 Å². The minimum atomic E-state index is -0.526. The number of hydrogen-bond donors (Lipinski definition) is 0. The Kier molecular flexibility index (Phi) is 6.80. The van der Waals surface area contributed by atoms with Crippen LogP contribution < -0.4 is 0 Å². The summed E-state index contributed by atoms with van der Waals surface area (Å²) in [4.78, 5) is 38.5. The van der Waals surface area contributed by atoms with Crippen LogP contribution in [0, 0.1) is 0 Å². The molecule has 1 amide bonds. The van der Waals surface area contributed by atoms with Crippen LogP contribution in [0.4, 0.5) is 0 Å². The second-order valence-electron chi connectivity index (χ2n) is 8.58. The summed E-state index contributed by atoms with van der Waals surface area (Å²) in [5.41, 5.74) is 3.13. The maximum absolute atomic E-state index is 12.5. The van der Waals surface area contributed by atoms with Crippen molar-refractivity contribution < 1.29 is 19.1 Å². The van der Waals surface area contributed by atoms with Gasteiger partial charge in [-0.3, -0.25) is 9.59 Å². The average Bonchev–Trinajstić information content (AvgIpc) is 3.22. The number of carbonyl (C=O) groups is 3. The molecule has 0 unspecified atom stereocenters. The van der Waals surface area contributed by atoms with Gasteiger partial charge in [-0.2, -0.15) is 0 Å². The SMILES string of the molecule is O=C(COC(=O)c1cccc(CN2CCCC2=O)c1)c1ccc(C2CCCCC2)cc1. The minimum absolute atomic E-state index is 0.146. The number of Topliss-reactive ketones (excluding diaryl/α,β-unsaturated/α-hetero) is 1. The van der Waals surface area contributed by atoms with E-state index < -0.39 is 5.97 Å². The molecule has 2 aromatic carbocycles. The van der Waals surface area contributed by atoms with Crippen molar-refractivity contribution in [3.63, 3.8) is 0 Å². The van der Waals surface area contributed by atoms with E-state index in [1.54, 1.807) is 23.1 Å². The second-order valence-corrected chi connectivity index (χ2v) is 8.58. The lowest BCUT2D eigenvalue weighted by Crippen LogP contribution is -2.24. The maximum atomic E-state index is 12.5. The lowest BCUT2D eigenvalue weighted by atomic mass is 9.84. The number of ether oxygens (including phenoxy) is 1. The number of esters is 1. The molecule has 1 saturated heterocycles. The van der Waals surface area contributed by atoms with Gasteiger partial charge in [-0.1, -0.05) is 55.7 Å². The van der Waals surface area contributed by atoms with E-state index in [0.29, 0.717) is 30.0 Å². The first kappa shape index (κ1) is 21.3. The Labute approximate surface area is 183 Å². The highest BCUT2D eigenvalue weighted by Crippen LogP contribution is 2.32. The fourth-order valence-electron chi connectivity index (χ4n) is 4.56. The van der Waals surface area contributed by atoms with Gasteiger partial charge in [0, 0.05) is 25.1 Å². The maximum Gasteiger partial charge on any atom is 0.338 e. The molecule has 162 valence electrons. The van der Waals surface area contributed by atoms with Crippen molar-refractivity contribution in [1.29, 1.82) is 0 Å². The number of carbonyl (C=O) groups excluding carboxylic acids is 3. The summed E-state index contributed by atoms with van der Waals surface area (Å²) in [6.07, 6.45) is 7.77. The Morgan fingerprint density at radius 3 is 2.42 bits per heavy atom. The zero-order valence-corrected chi connectivity index (χ0v) is 17.8. The summed E-state index contributed by atoms with van der Waals surface area (Å²) in [6, 6.07) is 14.8. The summed E-state index contributed by atoms with van der Waals surface area (Å²) in [5, 5.41) is 0. The third kappa shape index (κ3) is 5.40. The summed E-state index contributed by atoms with van der Waals surface area (Å²) >= 11 is 0. The molecule has 1 heterocycles. The van der Waals surface area contributed by atoms with E-state index in [2.05, 4.69) is 0 Å². The number of amides is 1. The average molecular weight is 420 g/mol. The molecule has 31 heavy (non-hydrogen) atoms. The first-order valence-corrected chi connectivity index (χ1v) is 11.3. The van der Waals surface area contributed by atoms with E-state index in [9.17, 15) is 14.4 Å². The molecule has 0 bridgehead atoms. The fourth-order valence-corrected chi connectivity index (χ4v) is 4.56. The van der Waals surface area contributed by atoms with Crippen molar-refractivity contribution in [1.82, 2.24) is 4.90 Å². The number of likely N-dealkylation sites (tertiary alicyclic amines) is 1. The van der Waals surface area contributed by atoms with Gasteiger partial charge in [-0.15, -0.1) is 0 Å². The van der Waals surface area contributed by atoms with E-state index in [1.165, 1.54) is 37.7 Å². The zero-order valence-electron chi connectivity index (χ0n) is 17.8. The van der Waals surface area contributed by atoms with Crippen molar-refractivity contribution in [2.75, 3.05) is 13.2 Å². The Bertz CT molecular complexity index is 944. The predicted octanol–water partition coefficient (Wildman–Crippen LogP) is 4.90. The first-order valence-electron chi connectivity index (χ1n) is 11.3. The lowest BCUT2D eigenvalue weighted by Gasteiger charge is -2.22. The van der Waals surface area contributed by atoms with E-state index in [0.717, 1.165) is 18.5 Å².